The Bertz CT molecular complexity index is 3260. The van der Waals surface area contributed by atoms with Gasteiger partial charge in [0.15, 0.2) is 0 Å². The minimum atomic E-state index is -4.59. The quantitative estimate of drug-likeness (QED) is 0.0498. The molecule has 1 atom stereocenters. The van der Waals surface area contributed by atoms with Crippen LogP contribution in [0.15, 0.2) is 108 Å². The molecular formula is C60H72N8O8S. The van der Waals surface area contributed by atoms with Gasteiger partial charge in [-0.3, -0.25) is 24.7 Å². The number of H-pyrrole nitrogens is 1. The molecule has 0 radical (unpaired) electrons. The maximum absolute atomic E-state index is 14.2. The summed E-state index contributed by atoms with van der Waals surface area (Å²) in [5.41, 5.74) is 6.42. The van der Waals surface area contributed by atoms with E-state index in [4.69, 9.17) is 9.47 Å². The number of benzene rings is 4. The third-order valence-electron chi connectivity index (χ3n) is 17.5. The second-order valence-electron chi connectivity index (χ2n) is 23.2. The highest BCUT2D eigenvalue weighted by Crippen LogP contribution is 2.54. The summed E-state index contributed by atoms with van der Waals surface area (Å²) < 4.78 is 42.2. The highest BCUT2D eigenvalue weighted by atomic mass is 32.2. The van der Waals surface area contributed by atoms with Gasteiger partial charge < -0.3 is 29.8 Å². The second-order valence-corrected chi connectivity index (χ2v) is 24.9. The van der Waals surface area contributed by atoms with Crippen molar-refractivity contribution in [2.75, 3.05) is 56.6 Å². The lowest BCUT2D eigenvalue weighted by atomic mass is 9.59. The number of carbonyl (C=O) groups excluding carboxylic acids is 1. The van der Waals surface area contributed by atoms with Gasteiger partial charge in [0.1, 0.15) is 28.6 Å². The van der Waals surface area contributed by atoms with Crippen molar-refractivity contribution in [2.24, 2.45) is 11.3 Å². The Kier molecular flexibility index (Phi) is 14.6. The standard InChI is InChI=1S/C60H72N8O8S/c1-39(2)48-9-5-6-10-49(48)53-38-65(37-43-8-7-11-54(75-4)56(43)41-12-13-41)28-29-67(53)45-33-60(34-45)23-26-66(27-24-60)44-14-16-50(55(31-44)76-46-30-42-20-25-61-57(42)63-36-46)58(69)64-77(73,74)47-15-17-51(52(32-47)68(71)72)62-35-40-18-21-59(3,70)22-19-40/h5-11,14-17,20,25,30-32,36,39-41,45,53,62,70H,12-13,18-19,21-24,26-29,33-35,37-38H2,1-4H3,(H,61,63)(H,64,69). The molecule has 2 saturated heterocycles. The van der Waals surface area contributed by atoms with Crippen LogP contribution in [0.1, 0.15) is 135 Å². The van der Waals surface area contributed by atoms with Crippen molar-refractivity contribution in [3.8, 4) is 17.2 Å². The minimum absolute atomic E-state index is 0.0263. The van der Waals surface area contributed by atoms with Crippen molar-refractivity contribution in [1.82, 2.24) is 24.5 Å². The third-order valence-corrected chi connectivity index (χ3v) is 18.8. The molecule has 4 aromatic carbocycles. The zero-order chi connectivity index (χ0) is 53.6. The van der Waals surface area contributed by atoms with Crippen LogP contribution in [0.5, 0.6) is 17.2 Å². The van der Waals surface area contributed by atoms with Crippen LogP contribution < -0.4 is 24.4 Å². The Morgan fingerprint density at radius 2 is 1.70 bits per heavy atom. The van der Waals surface area contributed by atoms with Crippen LogP contribution in [0, 0.1) is 21.4 Å². The zero-order valence-corrected chi connectivity index (χ0v) is 45.5. The summed E-state index contributed by atoms with van der Waals surface area (Å²) in [4.78, 5) is 40.7. The lowest BCUT2D eigenvalue weighted by Crippen LogP contribution is -2.60. The maximum Gasteiger partial charge on any atom is 0.293 e. The molecule has 2 aliphatic heterocycles. The predicted octanol–water partition coefficient (Wildman–Crippen LogP) is 11.1. The fraction of sp³-hybridized carbons (Fsp3) is 0.467. The molecule has 3 aliphatic carbocycles. The SMILES string of the molecule is COc1cccc(CN2CCN(C3CC4(CCN(c5ccc(C(=O)NS(=O)(=O)c6ccc(NCC7CCC(C)(O)CC7)c([N+](=O)[O-])c6)c(Oc6cnc7[nH]ccc7c6)c5)CC4)C3)C(c3ccccc3C(C)C)C2)c1C1CC1. The van der Waals surface area contributed by atoms with E-state index in [1.54, 1.807) is 37.7 Å². The summed E-state index contributed by atoms with van der Waals surface area (Å²) in [7, 11) is -2.80. The number of aromatic amines is 1. The number of methoxy groups -OCH3 is 1. The Labute approximate surface area is 451 Å². The molecule has 16 nitrogen and oxygen atoms in total. The number of ether oxygens (including phenoxy) is 2. The van der Waals surface area contributed by atoms with Gasteiger partial charge in [0.05, 0.1) is 34.3 Å². The number of hydrogen-bond acceptors (Lipinski definition) is 13. The van der Waals surface area contributed by atoms with Crippen molar-refractivity contribution < 1.29 is 32.7 Å². The average Bonchev–Trinajstić information content (AvgIpc) is 4.21. The van der Waals surface area contributed by atoms with E-state index in [2.05, 4.69) is 91.0 Å². The van der Waals surface area contributed by atoms with Gasteiger partial charge in [0.2, 0.25) is 0 Å². The fourth-order valence-corrected chi connectivity index (χ4v) is 13.9. The van der Waals surface area contributed by atoms with Crippen LogP contribution in [-0.4, -0.2) is 102 Å². The monoisotopic (exact) mass is 1060 g/mol. The number of piperidine rings is 1. The lowest BCUT2D eigenvalue weighted by molar-refractivity contribution is -0.384. The highest BCUT2D eigenvalue weighted by molar-refractivity contribution is 7.90. The number of amides is 1. The van der Waals surface area contributed by atoms with Gasteiger partial charge in [-0.15, -0.1) is 0 Å². The van der Waals surface area contributed by atoms with E-state index < -0.39 is 37.0 Å². The number of aliphatic hydroxyl groups is 1. The van der Waals surface area contributed by atoms with Crippen molar-refractivity contribution in [3.63, 3.8) is 0 Å². The molecule has 6 aromatic rings. The largest absolute Gasteiger partial charge is 0.496 e. The summed E-state index contributed by atoms with van der Waals surface area (Å²) in [5, 5.41) is 26.5. The second kappa shape index (κ2) is 21.4. The Balaban J connectivity index is 0.781. The molecule has 5 aliphatic rings. The van der Waals surface area contributed by atoms with Crippen molar-refractivity contribution in [2.45, 2.75) is 126 Å². The van der Waals surface area contributed by atoms with Gasteiger partial charge in [-0.05, 0) is 153 Å². The van der Waals surface area contributed by atoms with Crippen LogP contribution >= 0.6 is 0 Å². The van der Waals surface area contributed by atoms with Gasteiger partial charge in [0.25, 0.3) is 21.6 Å². The Hall–Kier alpha value is -6.53. The molecule has 3 saturated carbocycles. The molecule has 0 bridgehead atoms. The van der Waals surface area contributed by atoms with Crippen molar-refractivity contribution >= 4 is 44.0 Å². The van der Waals surface area contributed by atoms with Crippen LogP contribution in [0.3, 0.4) is 0 Å². The first-order chi connectivity index (χ1) is 37.0. The molecule has 17 heteroatoms. The van der Waals surface area contributed by atoms with E-state index in [9.17, 15) is 28.4 Å². The number of carbonyl (C=O) groups is 1. The van der Waals surface area contributed by atoms with Gasteiger partial charge >= 0.3 is 0 Å². The van der Waals surface area contributed by atoms with Crippen LogP contribution in [0.25, 0.3) is 11.0 Å². The van der Waals surface area contributed by atoms with E-state index in [-0.39, 0.29) is 34.4 Å². The molecule has 2 aromatic heterocycles. The Morgan fingerprint density at radius 3 is 2.44 bits per heavy atom. The first-order valence-electron chi connectivity index (χ1n) is 27.6. The molecule has 1 unspecified atom stereocenters. The number of rotatable bonds is 17. The van der Waals surface area contributed by atoms with Gasteiger partial charge in [0, 0.05) is 92.9 Å². The molecule has 5 fully saturated rings. The number of nitro benzene ring substituents is 1. The number of aromatic nitrogens is 2. The lowest BCUT2D eigenvalue weighted by Gasteiger charge is -2.58. The summed E-state index contributed by atoms with van der Waals surface area (Å²) in [6.45, 7) is 12.4. The van der Waals surface area contributed by atoms with Gasteiger partial charge in [-0.1, -0.05) is 50.2 Å². The molecular weight excluding hydrogens is 993 g/mol. The predicted molar refractivity (Wildman–Crippen MR) is 299 cm³/mol. The number of piperazine rings is 1. The Morgan fingerprint density at radius 1 is 0.922 bits per heavy atom. The highest BCUT2D eigenvalue weighted by Gasteiger charge is 2.50. The summed E-state index contributed by atoms with van der Waals surface area (Å²) in [6, 6.07) is 28.8. The van der Waals surface area contributed by atoms with Gasteiger partial charge in [-0.2, -0.15) is 0 Å². The molecule has 77 heavy (non-hydrogen) atoms. The zero-order valence-electron chi connectivity index (χ0n) is 44.7. The van der Waals surface area contributed by atoms with E-state index in [1.807, 2.05) is 19.1 Å². The maximum atomic E-state index is 14.2. The topological polar surface area (TPSA) is 195 Å². The molecule has 4 N–H and O–H groups in total. The molecule has 406 valence electrons. The smallest absolute Gasteiger partial charge is 0.293 e. The fourth-order valence-electron chi connectivity index (χ4n) is 12.9. The normalized spacial score (nSPS) is 22.2. The number of nitro groups is 1. The number of hydrogen-bond donors (Lipinski definition) is 4. The first kappa shape index (κ1) is 52.5. The number of pyridine rings is 1. The third kappa shape index (κ3) is 11.3. The number of nitrogens with zero attached hydrogens (tertiary/aromatic N) is 5. The van der Waals surface area contributed by atoms with Gasteiger partial charge in [-0.25, -0.2) is 18.1 Å². The average molecular weight is 1070 g/mol. The molecule has 11 rings (SSSR count). The first-order valence-corrected chi connectivity index (χ1v) is 29.1. The molecule has 1 spiro atoms. The summed E-state index contributed by atoms with van der Waals surface area (Å²) in [6.07, 6.45) is 12.9. The van der Waals surface area contributed by atoms with E-state index in [0.29, 0.717) is 48.7 Å². The number of anilines is 2. The van der Waals surface area contributed by atoms with Crippen LogP contribution in [-0.2, 0) is 16.6 Å². The minimum Gasteiger partial charge on any atom is -0.496 e. The summed E-state index contributed by atoms with van der Waals surface area (Å²) in [5.74, 6) is 1.79. The van der Waals surface area contributed by atoms with E-state index >= 15 is 0 Å². The number of fused-ring (bicyclic) bond motifs is 1. The van der Waals surface area contributed by atoms with Crippen LogP contribution in [0.2, 0.25) is 0 Å². The molecule has 4 heterocycles. The van der Waals surface area contributed by atoms with Crippen molar-refractivity contribution in [1.29, 1.82) is 0 Å². The van der Waals surface area contributed by atoms with Crippen molar-refractivity contribution in [3.05, 3.63) is 141 Å². The van der Waals surface area contributed by atoms with E-state index in [1.165, 1.54) is 47.2 Å². The summed E-state index contributed by atoms with van der Waals surface area (Å²) >= 11 is 0. The molecule has 1 amide bonds. The van der Waals surface area contributed by atoms with Crippen LogP contribution in [0.4, 0.5) is 17.1 Å². The number of nitrogens with one attached hydrogen (secondary N) is 3. The van der Waals surface area contributed by atoms with E-state index in [0.717, 1.165) is 101 Å². The number of sulfonamides is 1.